The van der Waals surface area contributed by atoms with Crippen LogP contribution >= 0.6 is 15.9 Å². The minimum Gasteiger partial charge on any atom is -0.497 e. The zero-order valence-corrected chi connectivity index (χ0v) is 13.5. The van der Waals surface area contributed by atoms with Gasteiger partial charge in [-0.25, -0.2) is 0 Å². The van der Waals surface area contributed by atoms with Crippen molar-refractivity contribution in [2.75, 3.05) is 14.2 Å². The Labute approximate surface area is 119 Å². The zero-order valence-electron chi connectivity index (χ0n) is 12.0. The highest BCUT2D eigenvalue weighted by Crippen LogP contribution is 2.28. The SMILES string of the molecule is CNC(C)C(Cc1cc(OC)ccc1Br)C(C)C. The van der Waals surface area contributed by atoms with Crippen LogP contribution < -0.4 is 10.1 Å². The Balaban J connectivity index is 2.92. The van der Waals surface area contributed by atoms with Gasteiger partial charge in [-0.3, -0.25) is 0 Å². The Bertz CT molecular complexity index is 379. The maximum absolute atomic E-state index is 5.30. The second-order valence-corrected chi connectivity index (χ2v) is 6.00. The highest BCUT2D eigenvalue weighted by molar-refractivity contribution is 9.10. The standard InChI is InChI=1S/C15H24BrNO/c1-10(2)14(11(3)17-4)9-12-8-13(18-5)6-7-15(12)16/h6-8,10-11,14,17H,9H2,1-5H3. The minimum absolute atomic E-state index is 0.503. The molecule has 1 aromatic rings. The van der Waals surface area contributed by atoms with Crippen molar-refractivity contribution in [2.24, 2.45) is 11.8 Å². The molecule has 0 fully saturated rings. The van der Waals surface area contributed by atoms with Crippen molar-refractivity contribution in [1.82, 2.24) is 5.32 Å². The number of nitrogens with one attached hydrogen (secondary N) is 1. The average Bonchev–Trinajstić information content (AvgIpc) is 2.36. The summed E-state index contributed by atoms with van der Waals surface area (Å²) in [6, 6.07) is 6.68. The molecule has 2 nitrogen and oxygen atoms in total. The average molecular weight is 314 g/mol. The van der Waals surface area contributed by atoms with E-state index in [0.717, 1.165) is 16.6 Å². The van der Waals surface area contributed by atoms with Gasteiger partial charge in [0.15, 0.2) is 0 Å². The van der Waals surface area contributed by atoms with Crippen LogP contribution in [0, 0.1) is 11.8 Å². The van der Waals surface area contributed by atoms with Crippen LogP contribution in [0.2, 0.25) is 0 Å². The van der Waals surface area contributed by atoms with Gasteiger partial charge in [-0.15, -0.1) is 0 Å². The van der Waals surface area contributed by atoms with Crippen LogP contribution in [0.4, 0.5) is 0 Å². The quantitative estimate of drug-likeness (QED) is 0.860. The summed E-state index contributed by atoms with van der Waals surface area (Å²) in [6.07, 6.45) is 1.05. The summed E-state index contributed by atoms with van der Waals surface area (Å²) in [7, 11) is 3.74. The lowest BCUT2D eigenvalue weighted by Crippen LogP contribution is -2.35. The molecule has 0 heterocycles. The third kappa shape index (κ3) is 3.99. The van der Waals surface area contributed by atoms with E-state index in [1.165, 1.54) is 5.56 Å². The molecule has 3 heteroatoms. The molecule has 0 amide bonds. The van der Waals surface area contributed by atoms with Gasteiger partial charge in [-0.05, 0) is 56.0 Å². The van der Waals surface area contributed by atoms with E-state index in [4.69, 9.17) is 4.74 Å². The Morgan fingerprint density at radius 3 is 2.44 bits per heavy atom. The Kier molecular flexibility index (Phi) is 6.16. The molecule has 1 aromatic carbocycles. The second kappa shape index (κ2) is 7.15. The molecule has 0 aromatic heterocycles. The molecule has 0 aliphatic carbocycles. The summed E-state index contributed by atoms with van der Waals surface area (Å²) in [5, 5.41) is 3.37. The number of rotatable bonds is 6. The Morgan fingerprint density at radius 1 is 1.28 bits per heavy atom. The highest BCUT2D eigenvalue weighted by Gasteiger charge is 2.21. The first-order valence-electron chi connectivity index (χ1n) is 6.49. The van der Waals surface area contributed by atoms with Gasteiger partial charge in [0.1, 0.15) is 5.75 Å². The van der Waals surface area contributed by atoms with E-state index in [9.17, 15) is 0 Å². The summed E-state index contributed by atoms with van der Waals surface area (Å²) in [5.74, 6) is 2.18. The molecular weight excluding hydrogens is 290 g/mol. The van der Waals surface area contributed by atoms with Gasteiger partial charge in [0.25, 0.3) is 0 Å². The zero-order chi connectivity index (χ0) is 13.7. The van der Waals surface area contributed by atoms with Gasteiger partial charge < -0.3 is 10.1 Å². The number of ether oxygens (including phenoxy) is 1. The number of hydrogen-bond donors (Lipinski definition) is 1. The van der Waals surface area contributed by atoms with Crippen LogP contribution in [0.1, 0.15) is 26.3 Å². The largest absolute Gasteiger partial charge is 0.497 e. The van der Waals surface area contributed by atoms with Crippen molar-refractivity contribution in [3.63, 3.8) is 0 Å². The molecule has 0 saturated heterocycles. The van der Waals surface area contributed by atoms with Crippen molar-refractivity contribution in [3.8, 4) is 5.75 Å². The lowest BCUT2D eigenvalue weighted by molar-refractivity contribution is 0.299. The lowest BCUT2D eigenvalue weighted by atomic mass is 9.84. The minimum atomic E-state index is 0.503. The van der Waals surface area contributed by atoms with Gasteiger partial charge in [0.2, 0.25) is 0 Å². The number of halogens is 1. The summed E-state index contributed by atoms with van der Waals surface area (Å²) in [6.45, 7) is 6.82. The summed E-state index contributed by atoms with van der Waals surface area (Å²) in [5.41, 5.74) is 1.31. The number of methoxy groups -OCH3 is 1. The topological polar surface area (TPSA) is 21.3 Å². The second-order valence-electron chi connectivity index (χ2n) is 5.15. The van der Waals surface area contributed by atoms with E-state index < -0.39 is 0 Å². The first kappa shape index (κ1) is 15.5. The molecule has 1 rings (SSSR count). The molecular formula is C15H24BrNO. The smallest absolute Gasteiger partial charge is 0.119 e. The van der Waals surface area contributed by atoms with Crippen molar-refractivity contribution >= 4 is 15.9 Å². The van der Waals surface area contributed by atoms with E-state index in [0.29, 0.717) is 17.9 Å². The Morgan fingerprint density at radius 2 is 1.94 bits per heavy atom. The van der Waals surface area contributed by atoms with Crippen LogP contribution in [0.15, 0.2) is 22.7 Å². The third-order valence-corrected chi connectivity index (χ3v) is 4.44. The van der Waals surface area contributed by atoms with Gasteiger partial charge in [0.05, 0.1) is 7.11 Å². The molecule has 0 bridgehead atoms. The molecule has 0 aliphatic rings. The maximum Gasteiger partial charge on any atom is 0.119 e. The fraction of sp³-hybridized carbons (Fsp3) is 0.600. The van der Waals surface area contributed by atoms with Crippen LogP contribution in [-0.2, 0) is 6.42 Å². The van der Waals surface area contributed by atoms with E-state index in [-0.39, 0.29) is 0 Å². The van der Waals surface area contributed by atoms with Gasteiger partial charge in [-0.1, -0.05) is 29.8 Å². The maximum atomic E-state index is 5.30. The summed E-state index contributed by atoms with van der Waals surface area (Å²) in [4.78, 5) is 0. The van der Waals surface area contributed by atoms with Crippen LogP contribution in [0.25, 0.3) is 0 Å². The van der Waals surface area contributed by atoms with E-state index in [1.54, 1.807) is 7.11 Å². The molecule has 2 atom stereocenters. The van der Waals surface area contributed by atoms with E-state index >= 15 is 0 Å². The molecule has 2 unspecified atom stereocenters. The molecule has 0 saturated carbocycles. The first-order valence-corrected chi connectivity index (χ1v) is 7.28. The monoisotopic (exact) mass is 313 g/mol. The highest BCUT2D eigenvalue weighted by atomic mass is 79.9. The van der Waals surface area contributed by atoms with E-state index in [2.05, 4.69) is 54.2 Å². The predicted octanol–water partition coefficient (Wildman–Crippen LogP) is 3.88. The van der Waals surface area contributed by atoms with Crippen LogP contribution in [0.5, 0.6) is 5.75 Å². The van der Waals surface area contributed by atoms with Crippen molar-refractivity contribution < 1.29 is 4.74 Å². The predicted molar refractivity (Wildman–Crippen MR) is 81.2 cm³/mol. The molecule has 18 heavy (non-hydrogen) atoms. The lowest BCUT2D eigenvalue weighted by Gasteiger charge is -2.28. The number of hydrogen-bond acceptors (Lipinski definition) is 2. The van der Waals surface area contributed by atoms with E-state index in [1.807, 2.05) is 13.1 Å². The fourth-order valence-electron chi connectivity index (χ4n) is 2.29. The first-order chi connectivity index (χ1) is 8.49. The number of benzene rings is 1. The van der Waals surface area contributed by atoms with Crippen molar-refractivity contribution in [1.29, 1.82) is 0 Å². The normalized spacial score (nSPS) is 14.6. The van der Waals surface area contributed by atoms with Gasteiger partial charge >= 0.3 is 0 Å². The molecule has 1 N–H and O–H groups in total. The van der Waals surface area contributed by atoms with Crippen LogP contribution in [0.3, 0.4) is 0 Å². The van der Waals surface area contributed by atoms with Crippen LogP contribution in [-0.4, -0.2) is 20.2 Å². The van der Waals surface area contributed by atoms with Crippen molar-refractivity contribution in [2.45, 2.75) is 33.2 Å². The third-order valence-electron chi connectivity index (χ3n) is 3.66. The Hall–Kier alpha value is -0.540. The van der Waals surface area contributed by atoms with Gasteiger partial charge in [0, 0.05) is 10.5 Å². The molecule has 0 radical (unpaired) electrons. The van der Waals surface area contributed by atoms with Gasteiger partial charge in [-0.2, -0.15) is 0 Å². The molecule has 0 spiro atoms. The molecule has 102 valence electrons. The fourth-order valence-corrected chi connectivity index (χ4v) is 2.70. The summed E-state index contributed by atoms with van der Waals surface area (Å²) >= 11 is 3.63. The van der Waals surface area contributed by atoms with Crippen molar-refractivity contribution in [3.05, 3.63) is 28.2 Å². The summed E-state index contributed by atoms with van der Waals surface area (Å²) < 4.78 is 6.47. The molecule has 0 aliphatic heterocycles.